The van der Waals surface area contributed by atoms with E-state index in [2.05, 4.69) is 0 Å². The van der Waals surface area contributed by atoms with Crippen LogP contribution in [0.3, 0.4) is 0 Å². The van der Waals surface area contributed by atoms with Crippen molar-refractivity contribution in [1.82, 2.24) is 4.90 Å². The first-order chi connectivity index (χ1) is 9.35. The minimum atomic E-state index is -0.838. The fourth-order valence-corrected chi connectivity index (χ4v) is 1.97. The summed E-state index contributed by atoms with van der Waals surface area (Å²) < 4.78 is 18.1. The molecule has 0 fully saturated rings. The van der Waals surface area contributed by atoms with Gasteiger partial charge in [-0.25, -0.2) is 4.39 Å². The summed E-state index contributed by atoms with van der Waals surface area (Å²) in [4.78, 5) is 23.2. The number of hydrogen-bond acceptors (Lipinski definition) is 4. The molecule has 0 saturated heterocycles. The fourth-order valence-electron chi connectivity index (χ4n) is 1.64. The van der Waals surface area contributed by atoms with E-state index >= 15 is 0 Å². The van der Waals surface area contributed by atoms with Gasteiger partial charge in [0.05, 0.1) is 23.0 Å². The lowest BCUT2D eigenvalue weighted by molar-refractivity contribution is -0.385. The maximum Gasteiger partial charge on any atom is 0.273 e. The van der Waals surface area contributed by atoms with E-state index in [4.69, 9.17) is 16.3 Å². The zero-order valence-corrected chi connectivity index (χ0v) is 11.8. The second-order valence-corrected chi connectivity index (χ2v) is 4.81. The van der Waals surface area contributed by atoms with Gasteiger partial charge in [-0.15, -0.1) is 11.6 Å². The van der Waals surface area contributed by atoms with Gasteiger partial charge in [-0.05, 0) is 6.07 Å². The highest BCUT2D eigenvalue weighted by atomic mass is 35.5. The molecule has 1 amide bonds. The summed E-state index contributed by atoms with van der Waals surface area (Å²) in [7, 11) is 2.96. The number of benzene rings is 1. The number of nitro groups is 1. The van der Waals surface area contributed by atoms with Crippen LogP contribution < -0.4 is 0 Å². The number of hydrogen-bond donors (Lipinski definition) is 0. The Morgan fingerprint density at radius 2 is 2.20 bits per heavy atom. The van der Waals surface area contributed by atoms with Gasteiger partial charge in [-0.2, -0.15) is 0 Å². The second kappa shape index (κ2) is 7.16. The Kier molecular flexibility index (Phi) is 5.84. The highest BCUT2D eigenvalue weighted by Crippen LogP contribution is 2.17. The van der Waals surface area contributed by atoms with Crippen LogP contribution >= 0.6 is 11.6 Å². The number of ether oxygens (including phenoxy) is 1. The minimum Gasteiger partial charge on any atom is -0.383 e. The zero-order valence-electron chi connectivity index (χ0n) is 11.0. The molecule has 1 unspecified atom stereocenters. The van der Waals surface area contributed by atoms with Crippen molar-refractivity contribution >= 4 is 23.2 Å². The van der Waals surface area contributed by atoms with Crippen molar-refractivity contribution < 1.29 is 18.8 Å². The third-order valence-electron chi connectivity index (χ3n) is 2.51. The Morgan fingerprint density at radius 3 is 2.75 bits per heavy atom. The molecule has 1 rings (SSSR count). The Hall–Kier alpha value is -1.73. The van der Waals surface area contributed by atoms with Gasteiger partial charge in [0.25, 0.3) is 11.6 Å². The van der Waals surface area contributed by atoms with Crippen LogP contribution in [0.25, 0.3) is 0 Å². The number of nitro benzene ring substituents is 1. The van der Waals surface area contributed by atoms with Crippen LogP contribution in [-0.4, -0.2) is 48.4 Å². The number of carbonyl (C=O) groups excluding carboxylic acids is 1. The molecule has 8 heteroatoms. The standard InChI is InChI=1S/C12H14ClFN2O4/c1-15(6-9(13)7-20-2)12(17)8-3-10(14)5-11(4-8)16(18)19/h3-5,9H,6-7H2,1-2H3. The summed E-state index contributed by atoms with van der Waals surface area (Å²) in [6.45, 7) is 0.432. The maximum absolute atomic E-state index is 13.3. The third-order valence-corrected chi connectivity index (χ3v) is 2.77. The largest absolute Gasteiger partial charge is 0.383 e. The maximum atomic E-state index is 13.3. The summed E-state index contributed by atoms with van der Waals surface area (Å²) in [6, 6.07) is 2.74. The molecule has 0 aliphatic heterocycles. The molecule has 0 N–H and O–H groups in total. The molecule has 0 radical (unpaired) electrons. The predicted molar refractivity (Wildman–Crippen MR) is 71.5 cm³/mol. The molecule has 0 saturated carbocycles. The van der Waals surface area contributed by atoms with E-state index < -0.39 is 27.7 Å². The van der Waals surface area contributed by atoms with Crippen LogP contribution in [0.2, 0.25) is 0 Å². The van der Waals surface area contributed by atoms with Crippen LogP contribution in [0.5, 0.6) is 0 Å². The zero-order chi connectivity index (χ0) is 15.3. The Morgan fingerprint density at radius 1 is 1.55 bits per heavy atom. The van der Waals surface area contributed by atoms with Crippen molar-refractivity contribution in [2.75, 3.05) is 27.3 Å². The number of non-ortho nitro benzene ring substituents is 1. The molecule has 1 aromatic carbocycles. The van der Waals surface area contributed by atoms with Crippen molar-refractivity contribution in [2.24, 2.45) is 0 Å². The van der Waals surface area contributed by atoms with Crippen LogP contribution in [0.15, 0.2) is 18.2 Å². The van der Waals surface area contributed by atoms with E-state index in [0.717, 1.165) is 18.2 Å². The SMILES string of the molecule is COCC(Cl)CN(C)C(=O)c1cc(F)cc([N+](=O)[O-])c1. The van der Waals surface area contributed by atoms with Gasteiger partial charge in [-0.3, -0.25) is 14.9 Å². The first-order valence-electron chi connectivity index (χ1n) is 5.68. The number of methoxy groups -OCH3 is 1. The summed E-state index contributed by atoms with van der Waals surface area (Å²) in [5, 5.41) is 10.2. The van der Waals surface area contributed by atoms with Crippen molar-refractivity contribution in [1.29, 1.82) is 0 Å². The van der Waals surface area contributed by atoms with Gasteiger partial charge < -0.3 is 9.64 Å². The lowest BCUT2D eigenvalue weighted by Crippen LogP contribution is -2.34. The van der Waals surface area contributed by atoms with Crippen LogP contribution in [0, 0.1) is 15.9 Å². The molecule has 0 bridgehead atoms. The molecule has 0 aromatic heterocycles. The predicted octanol–water partition coefficient (Wildman–Crippen LogP) is 2.06. The number of alkyl halides is 1. The normalized spacial score (nSPS) is 12.0. The van der Waals surface area contributed by atoms with Crippen molar-refractivity contribution in [2.45, 2.75) is 5.38 Å². The first kappa shape index (κ1) is 16.3. The molecule has 0 spiro atoms. The molecule has 1 atom stereocenters. The Labute approximate surface area is 120 Å². The average Bonchev–Trinajstić information content (AvgIpc) is 2.37. The quantitative estimate of drug-likeness (QED) is 0.458. The van der Waals surface area contributed by atoms with Crippen LogP contribution in [0.4, 0.5) is 10.1 Å². The molecule has 0 aliphatic carbocycles. The fraction of sp³-hybridized carbons (Fsp3) is 0.417. The number of amides is 1. The van der Waals surface area contributed by atoms with Crippen LogP contribution in [0.1, 0.15) is 10.4 Å². The summed E-state index contributed by atoms with van der Waals surface area (Å²) in [6.07, 6.45) is 0. The molecule has 1 aromatic rings. The number of nitrogens with zero attached hydrogens (tertiary/aromatic N) is 2. The van der Waals surface area contributed by atoms with E-state index in [9.17, 15) is 19.3 Å². The monoisotopic (exact) mass is 304 g/mol. The highest BCUT2D eigenvalue weighted by molar-refractivity contribution is 6.21. The summed E-state index contributed by atoms with van der Waals surface area (Å²) in [5.41, 5.74) is -0.568. The topological polar surface area (TPSA) is 72.7 Å². The molecule has 0 aliphatic rings. The van der Waals surface area contributed by atoms with Gasteiger partial charge >= 0.3 is 0 Å². The summed E-state index contributed by atoms with van der Waals surface area (Å²) >= 11 is 5.92. The molecular formula is C12H14ClFN2O4. The summed E-state index contributed by atoms with van der Waals surface area (Å²) in [5.74, 6) is -1.38. The van der Waals surface area contributed by atoms with E-state index in [1.54, 1.807) is 0 Å². The third kappa shape index (κ3) is 4.43. The van der Waals surface area contributed by atoms with E-state index in [1.807, 2.05) is 0 Å². The molecule has 6 nitrogen and oxygen atoms in total. The Balaban J connectivity index is 2.88. The number of carbonyl (C=O) groups is 1. The lowest BCUT2D eigenvalue weighted by atomic mass is 10.1. The smallest absolute Gasteiger partial charge is 0.273 e. The Bertz CT molecular complexity index is 512. The minimum absolute atomic E-state index is 0.0968. The van der Waals surface area contributed by atoms with E-state index in [-0.39, 0.29) is 18.7 Å². The lowest BCUT2D eigenvalue weighted by Gasteiger charge is -2.20. The number of halogens is 2. The van der Waals surface area contributed by atoms with Crippen LogP contribution in [-0.2, 0) is 4.74 Å². The second-order valence-electron chi connectivity index (χ2n) is 4.19. The van der Waals surface area contributed by atoms with Crippen molar-refractivity contribution in [3.05, 3.63) is 39.7 Å². The number of rotatable bonds is 6. The van der Waals surface area contributed by atoms with Crippen molar-refractivity contribution in [3.8, 4) is 0 Å². The van der Waals surface area contributed by atoms with Gasteiger partial charge in [0, 0.05) is 32.3 Å². The highest BCUT2D eigenvalue weighted by Gasteiger charge is 2.19. The van der Waals surface area contributed by atoms with Gasteiger partial charge in [0.2, 0.25) is 0 Å². The molecule has 20 heavy (non-hydrogen) atoms. The van der Waals surface area contributed by atoms with E-state index in [1.165, 1.54) is 19.1 Å². The molecule has 110 valence electrons. The first-order valence-corrected chi connectivity index (χ1v) is 6.12. The molecular weight excluding hydrogens is 291 g/mol. The average molecular weight is 305 g/mol. The van der Waals surface area contributed by atoms with Gasteiger partial charge in [-0.1, -0.05) is 0 Å². The van der Waals surface area contributed by atoms with Crippen molar-refractivity contribution in [3.63, 3.8) is 0 Å². The van der Waals surface area contributed by atoms with E-state index in [0.29, 0.717) is 0 Å². The molecule has 0 heterocycles. The van der Waals surface area contributed by atoms with Gasteiger partial charge in [0.15, 0.2) is 0 Å². The van der Waals surface area contributed by atoms with Gasteiger partial charge in [0.1, 0.15) is 5.82 Å².